The Morgan fingerprint density at radius 1 is 1.11 bits per heavy atom. The summed E-state index contributed by atoms with van der Waals surface area (Å²) < 4.78 is 36.5. The molecule has 1 fully saturated rings. The highest BCUT2D eigenvalue weighted by Gasteiger charge is 2.39. The first kappa shape index (κ1) is 12.8. The molecule has 4 nitrogen and oxygen atoms in total. The second-order valence-electron chi connectivity index (χ2n) is 4.15. The number of carbonyl (C=O) groups is 1. The number of anilines is 1. The first-order valence-corrected chi connectivity index (χ1v) is 5.67. The van der Waals surface area contributed by atoms with Crippen LogP contribution in [0.25, 0.3) is 0 Å². The third kappa shape index (κ3) is 2.77. The van der Waals surface area contributed by atoms with E-state index in [1.807, 2.05) is 4.90 Å². The molecule has 0 amide bonds. The van der Waals surface area contributed by atoms with Crippen LogP contribution in [0.2, 0.25) is 0 Å². The van der Waals surface area contributed by atoms with Crippen LogP contribution in [0.3, 0.4) is 0 Å². The van der Waals surface area contributed by atoms with E-state index in [4.69, 9.17) is 0 Å². The standard InChI is InChI=1S/C11H12F3N3O/c12-11(13,14)9(18)8-6-15-10(16-7-8)17-4-2-1-3-5-17/h6-7H,1-5H2. The Labute approximate surface area is 102 Å². The number of hydrogen-bond donors (Lipinski definition) is 0. The van der Waals surface area contributed by atoms with Crippen LogP contribution < -0.4 is 4.90 Å². The SMILES string of the molecule is O=C(c1cnc(N2CCCCC2)nc1)C(F)(F)F. The molecule has 0 spiro atoms. The van der Waals surface area contributed by atoms with Crippen LogP contribution in [0.4, 0.5) is 19.1 Å². The Balaban J connectivity index is 2.12. The zero-order chi connectivity index (χ0) is 13.2. The Morgan fingerprint density at radius 3 is 2.17 bits per heavy atom. The molecule has 2 heterocycles. The third-order valence-electron chi connectivity index (χ3n) is 2.80. The van der Waals surface area contributed by atoms with Gasteiger partial charge in [-0.2, -0.15) is 13.2 Å². The summed E-state index contributed by atoms with van der Waals surface area (Å²) >= 11 is 0. The molecule has 1 aromatic rings. The minimum Gasteiger partial charge on any atom is -0.341 e. The molecular weight excluding hydrogens is 247 g/mol. The number of piperidine rings is 1. The number of aromatic nitrogens is 2. The lowest BCUT2D eigenvalue weighted by Gasteiger charge is -2.26. The van der Waals surface area contributed by atoms with Crippen molar-refractivity contribution in [3.05, 3.63) is 18.0 Å². The summed E-state index contributed by atoms with van der Waals surface area (Å²) in [5.74, 6) is -1.53. The number of ketones is 1. The predicted octanol–water partition coefficient (Wildman–Crippen LogP) is 2.21. The number of halogens is 3. The zero-order valence-corrected chi connectivity index (χ0v) is 9.57. The molecular formula is C11H12F3N3O. The lowest BCUT2D eigenvalue weighted by molar-refractivity contribution is -0.0885. The Bertz CT molecular complexity index is 424. The normalized spacial score (nSPS) is 16.7. The summed E-state index contributed by atoms with van der Waals surface area (Å²) in [5, 5.41) is 0. The van der Waals surface area contributed by atoms with E-state index in [1.165, 1.54) is 0 Å². The van der Waals surface area contributed by atoms with E-state index in [9.17, 15) is 18.0 Å². The van der Waals surface area contributed by atoms with Gasteiger partial charge in [0.05, 0.1) is 5.56 Å². The monoisotopic (exact) mass is 259 g/mol. The summed E-state index contributed by atoms with van der Waals surface area (Å²) in [7, 11) is 0. The van der Waals surface area contributed by atoms with Crippen LogP contribution in [0.15, 0.2) is 12.4 Å². The highest BCUT2D eigenvalue weighted by molar-refractivity contribution is 5.99. The van der Waals surface area contributed by atoms with Gasteiger partial charge in [-0.05, 0) is 19.3 Å². The molecule has 0 unspecified atom stereocenters. The van der Waals surface area contributed by atoms with Gasteiger partial charge in [-0.3, -0.25) is 4.79 Å². The maximum absolute atomic E-state index is 12.2. The highest BCUT2D eigenvalue weighted by atomic mass is 19.4. The number of carbonyl (C=O) groups excluding carboxylic acids is 1. The fourth-order valence-electron chi connectivity index (χ4n) is 1.86. The highest BCUT2D eigenvalue weighted by Crippen LogP contribution is 2.21. The molecule has 18 heavy (non-hydrogen) atoms. The molecule has 2 rings (SSSR count). The van der Waals surface area contributed by atoms with Gasteiger partial charge in [0, 0.05) is 25.5 Å². The molecule has 7 heteroatoms. The van der Waals surface area contributed by atoms with E-state index in [2.05, 4.69) is 9.97 Å². The van der Waals surface area contributed by atoms with Gasteiger partial charge in [0.25, 0.3) is 5.78 Å². The fraction of sp³-hybridized carbons (Fsp3) is 0.545. The Hall–Kier alpha value is -1.66. The molecule has 1 aromatic heterocycles. The summed E-state index contributed by atoms with van der Waals surface area (Å²) in [5.41, 5.74) is -0.525. The third-order valence-corrected chi connectivity index (χ3v) is 2.80. The smallest absolute Gasteiger partial charge is 0.341 e. The number of hydrogen-bond acceptors (Lipinski definition) is 4. The molecule has 0 aromatic carbocycles. The lowest BCUT2D eigenvalue weighted by atomic mass is 10.1. The minimum absolute atomic E-state index is 0.383. The summed E-state index contributed by atoms with van der Waals surface area (Å²) in [4.78, 5) is 20.5. The van der Waals surface area contributed by atoms with Crippen LogP contribution in [0.5, 0.6) is 0 Å². The van der Waals surface area contributed by atoms with Crippen LogP contribution in [0, 0.1) is 0 Å². The number of alkyl halides is 3. The van der Waals surface area contributed by atoms with Gasteiger partial charge >= 0.3 is 6.18 Å². The van der Waals surface area contributed by atoms with Crippen molar-refractivity contribution in [2.45, 2.75) is 25.4 Å². The van der Waals surface area contributed by atoms with E-state index in [0.717, 1.165) is 44.7 Å². The average molecular weight is 259 g/mol. The molecule has 0 radical (unpaired) electrons. The van der Waals surface area contributed by atoms with Crippen LogP contribution in [-0.4, -0.2) is 35.0 Å². The molecule has 0 bridgehead atoms. The zero-order valence-electron chi connectivity index (χ0n) is 9.57. The van der Waals surface area contributed by atoms with Gasteiger partial charge in [-0.15, -0.1) is 0 Å². The van der Waals surface area contributed by atoms with E-state index >= 15 is 0 Å². The minimum atomic E-state index is -4.88. The molecule has 1 aliphatic heterocycles. The topological polar surface area (TPSA) is 46.1 Å². The van der Waals surface area contributed by atoms with E-state index < -0.39 is 17.5 Å². The van der Waals surface area contributed by atoms with Crippen molar-refractivity contribution >= 4 is 11.7 Å². The van der Waals surface area contributed by atoms with Gasteiger partial charge in [0.15, 0.2) is 0 Å². The molecule has 98 valence electrons. The quantitative estimate of drug-likeness (QED) is 0.764. The van der Waals surface area contributed by atoms with Crippen molar-refractivity contribution in [2.75, 3.05) is 18.0 Å². The van der Waals surface area contributed by atoms with E-state index in [-0.39, 0.29) is 0 Å². The van der Waals surface area contributed by atoms with E-state index in [0.29, 0.717) is 5.95 Å². The summed E-state index contributed by atoms with van der Waals surface area (Å²) in [6.07, 6.45) is 0.176. The second-order valence-corrected chi connectivity index (χ2v) is 4.15. The Morgan fingerprint density at radius 2 is 1.67 bits per heavy atom. The fourth-order valence-corrected chi connectivity index (χ4v) is 1.86. The van der Waals surface area contributed by atoms with Crippen LogP contribution in [0.1, 0.15) is 29.6 Å². The predicted molar refractivity (Wildman–Crippen MR) is 58.5 cm³/mol. The molecule has 1 aliphatic rings. The van der Waals surface area contributed by atoms with Crippen molar-refractivity contribution in [3.63, 3.8) is 0 Å². The number of nitrogens with zero attached hydrogens (tertiary/aromatic N) is 3. The molecule has 0 N–H and O–H groups in total. The lowest BCUT2D eigenvalue weighted by Crippen LogP contribution is -2.31. The average Bonchev–Trinajstić information content (AvgIpc) is 2.38. The maximum Gasteiger partial charge on any atom is 0.454 e. The largest absolute Gasteiger partial charge is 0.454 e. The number of rotatable bonds is 2. The van der Waals surface area contributed by atoms with Gasteiger partial charge in [0.1, 0.15) is 0 Å². The summed E-state index contributed by atoms with van der Waals surface area (Å²) in [6.45, 7) is 1.60. The maximum atomic E-state index is 12.2. The van der Waals surface area contributed by atoms with Crippen molar-refractivity contribution in [2.24, 2.45) is 0 Å². The van der Waals surface area contributed by atoms with E-state index in [1.54, 1.807) is 0 Å². The van der Waals surface area contributed by atoms with Gasteiger partial charge in [-0.25, -0.2) is 9.97 Å². The van der Waals surface area contributed by atoms with Gasteiger partial charge < -0.3 is 4.90 Å². The van der Waals surface area contributed by atoms with Crippen molar-refractivity contribution < 1.29 is 18.0 Å². The second kappa shape index (κ2) is 4.91. The van der Waals surface area contributed by atoms with Gasteiger partial charge in [0.2, 0.25) is 5.95 Å². The first-order valence-electron chi connectivity index (χ1n) is 5.67. The van der Waals surface area contributed by atoms with Crippen molar-refractivity contribution in [1.29, 1.82) is 0 Å². The molecule has 0 aliphatic carbocycles. The number of Topliss-reactive ketones (excluding diaryl/α,β-unsaturated/α-hetero) is 1. The van der Waals surface area contributed by atoms with Crippen LogP contribution >= 0.6 is 0 Å². The molecule has 0 atom stereocenters. The van der Waals surface area contributed by atoms with Crippen molar-refractivity contribution in [3.8, 4) is 0 Å². The molecule has 1 saturated heterocycles. The molecule has 0 saturated carbocycles. The summed E-state index contributed by atoms with van der Waals surface area (Å²) in [6, 6.07) is 0. The van der Waals surface area contributed by atoms with Crippen molar-refractivity contribution in [1.82, 2.24) is 9.97 Å². The first-order chi connectivity index (χ1) is 8.48. The van der Waals surface area contributed by atoms with Crippen LogP contribution in [-0.2, 0) is 0 Å². The Kier molecular flexibility index (Phi) is 3.49. The van der Waals surface area contributed by atoms with Gasteiger partial charge in [-0.1, -0.05) is 0 Å².